The van der Waals surface area contributed by atoms with E-state index in [1.807, 2.05) is 30.3 Å². The largest absolute Gasteiger partial charge is 0.454 e. The average molecular weight is 408 g/mol. The fraction of sp³-hybridized carbons (Fsp3) is 0.542. The highest BCUT2D eigenvalue weighted by atomic mass is 16.5. The molecular formula is C24H28N2O4. The average Bonchev–Trinajstić information content (AvgIpc) is 3.20. The van der Waals surface area contributed by atoms with Gasteiger partial charge in [-0.25, -0.2) is 9.78 Å². The van der Waals surface area contributed by atoms with E-state index in [1.54, 1.807) is 13.1 Å². The molecule has 1 N–H and O–H groups in total. The van der Waals surface area contributed by atoms with Crippen LogP contribution in [0.15, 0.2) is 40.9 Å². The number of carbonyl (C=O) groups is 2. The number of aromatic nitrogens is 1. The second-order valence-electron chi connectivity index (χ2n) is 9.49. The number of ether oxygens (including phenoxy) is 1. The van der Waals surface area contributed by atoms with Gasteiger partial charge in [0.15, 0.2) is 12.4 Å². The molecule has 1 heterocycles. The minimum atomic E-state index is -0.686. The molecule has 1 aromatic carbocycles. The molecule has 0 spiro atoms. The number of oxazole rings is 1. The number of nitrogens with zero attached hydrogens (tertiary/aromatic N) is 1. The number of amides is 1. The van der Waals surface area contributed by atoms with Crippen molar-refractivity contribution in [3.63, 3.8) is 0 Å². The Morgan fingerprint density at radius 1 is 1.13 bits per heavy atom. The zero-order valence-corrected chi connectivity index (χ0v) is 17.3. The lowest BCUT2D eigenvalue weighted by atomic mass is 9.49. The molecule has 4 saturated carbocycles. The highest BCUT2D eigenvalue weighted by Gasteiger charge is 2.54. The van der Waals surface area contributed by atoms with E-state index in [0.29, 0.717) is 29.4 Å². The Morgan fingerprint density at radius 2 is 1.77 bits per heavy atom. The summed E-state index contributed by atoms with van der Waals surface area (Å²) in [7, 11) is 0. The Kier molecular flexibility index (Phi) is 4.88. The predicted molar refractivity (Wildman–Crippen MR) is 110 cm³/mol. The van der Waals surface area contributed by atoms with Crippen LogP contribution < -0.4 is 5.32 Å². The third-order valence-electron chi connectivity index (χ3n) is 7.17. The summed E-state index contributed by atoms with van der Waals surface area (Å²) < 4.78 is 11.0. The molecule has 158 valence electrons. The first-order valence-corrected chi connectivity index (χ1v) is 11.0. The zero-order chi connectivity index (χ0) is 20.7. The first-order valence-electron chi connectivity index (χ1n) is 11.0. The summed E-state index contributed by atoms with van der Waals surface area (Å²) in [6, 6.07) is 8.95. The summed E-state index contributed by atoms with van der Waals surface area (Å²) in [5, 5.41) is 2.94. The minimum absolute atomic E-state index is 0.0357. The maximum Gasteiger partial charge on any atom is 0.328 e. The molecular weight excluding hydrogens is 380 g/mol. The van der Waals surface area contributed by atoms with Crippen LogP contribution in [0.25, 0.3) is 11.3 Å². The Hall–Kier alpha value is -2.63. The molecule has 4 aliphatic rings. The van der Waals surface area contributed by atoms with E-state index in [4.69, 9.17) is 9.15 Å². The van der Waals surface area contributed by atoms with Gasteiger partial charge in [0.1, 0.15) is 6.04 Å². The summed E-state index contributed by atoms with van der Waals surface area (Å²) in [6.07, 6.45) is 8.40. The fourth-order valence-corrected chi connectivity index (χ4v) is 6.17. The van der Waals surface area contributed by atoms with Gasteiger partial charge in [0.05, 0.1) is 6.20 Å². The van der Waals surface area contributed by atoms with Gasteiger partial charge in [0.25, 0.3) is 0 Å². The Morgan fingerprint density at radius 3 is 2.40 bits per heavy atom. The maximum absolute atomic E-state index is 13.1. The zero-order valence-electron chi connectivity index (χ0n) is 17.3. The standard InChI is InChI=1S/C24H28N2O4/c1-15(26-23(28)24-10-16-7-17(11-24)9-18(8-16)12-24)22(27)29-14-21-25-13-20(30-21)19-5-3-2-4-6-19/h2-6,13,15-18H,7-12,14H2,1H3,(H,26,28)/t15-,16?,17?,18?,24?/m0/s1. The highest BCUT2D eigenvalue weighted by molar-refractivity contribution is 5.88. The summed E-state index contributed by atoms with van der Waals surface area (Å²) in [5.74, 6) is 2.60. The Labute approximate surface area is 176 Å². The van der Waals surface area contributed by atoms with Crippen LogP contribution in [0.5, 0.6) is 0 Å². The van der Waals surface area contributed by atoms with Crippen molar-refractivity contribution in [2.75, 3.05) is 0 Å². The van der Waals surface area contributed by atoms with Crippen LogP contribution in [0.4, 0.5) is 0 Å². The van der Waals surface area contributed by atoms with Crippen LogP contribution in [0.1, 0.15) is 51.3 Å². The molecule has 2 aromatic rings. The van der Waals surface area contributed by atoms with E-state index in [-0.39, 0.29) is 17.9 Å². The number of rotatable bonds is 6. The molecule has 6 heteroatoms. The molecule has 1 aromatic heterocycles. The number of esters is 1. The van der Waals surface area contributed by atoms with Gasteiger partial charge in [-0.2, -0.15) is 0 Å². The first-order chi connectivity index (χ1) is 14.5. The van der Waals surface area contributed by atoms with Gasteiger partial charge in [-0.15, -0.1) is 0 Å². The van der Waals surface area contributed by atoms with Crippen LogP contribution in [0, 0.1) is 23.2 Å². The topological polar surface area (TPSA) is 81.4 Å². The Bertz CT molecular complexity index is 900. The van der Waals surface area contributed by atoms with Crippen LogP contribution in [0.3, 0.4) is 0 Å². The maximum atomic E-state index is 13.1. The minimum Gasteiger partial charge on any atom is -0.454 e. The molecule has 4 aliphatic carbocycles. The van der Waals surface area contributed by atoms with Crippen LogP contribution in [-0.4, -0.2) is 22.9 Å². The lowest BCUT2D eigenvalue weighted by Gasteiger charge is -2.55. The molecule has 6 rings (SSSR count). The van der Waals surface area contributed by atoms with E-state index in [9.17, 15) is 9.59 Å². The summed E-state index contributed by atoms with van der Waals surface area (Å²) >= 11 is 0. The smallest absolute Gasteiger partial charge is 0.328 e. The molecule has 1 amide bonds. The van der Waals surface area contributed by atoms with Crippen molar-refractivity contribution in [1.29, 1.82) is 0 Å². The van der Waals surface area contributed by atoms with E-state index in [1.165, 1.54) is 19.3 Å². The molecule has 4 fully saturated rings. The third-order valence-corrected chi connectivity index (χ3v) is 7.17. The van der Waals surface area contributed by atoms with Crippen molar-refractivity contribution >= 4 is 11.9 Å². The highest BCUT2D eigenvalue weighted by Crippen LogP contribution is 2.60. The lowest BCUT2D eigenvalue weighted by Crippen LogP contribution is -2.55. The third kappa shape index (κ3) is 3.64. The Balaban J connectivity index is 1.15. The normalized spacial score (nSPS) is 30.1. The monoisotopic (exact) mass is 408 g/mol. The van der Waals surface area contributed by atoms with Crippen LogP contribution >= 0.6 is 0 Å². The van der Waals surface area contributed by atoms with Crippen molar-refractivity contribution < 1.29 is 18.7 Å². The molecule has 0 saturated heterocycles. The molecule has 0 aliphatic heterocycles. The SMILES string of the molecule is C[C@H](NC(=O)C12CC3CC(CC(C3)C1)C2)C(=O)OCc1ncc(-c2ccccc2)o1. The molecule has 0 radical (unpaired) electrons. The van der Waals surface area contributed by atoms with E-state index >= 15 is 0 Å². The second-order valence-corrected chi connectivity index (χ2v) is 9.49. The van der Waals surface area contributed by atoms with Gasteiger partial charge < -0.3 is 14.5 Å². The lowest BCUT2D eigenvalue weighted by molar-refractivity contribution is -0.154. The number of hydrogen-bond acceptors (Lipinski definition) is 5. The quantitative estimate of drug-likeness (QED) is 0.728. The van der Waals surface area contributed by atoms with Gasteiger partial charge in [0, 0.05) is 11.0 Å². The van der Waals surface area contributed by atoms with Crippen molar-refractivity contribution in [2.45, 2.75) is 58.1 Å². The van der Waals surface area contributed by atoms with E-state index in [2.05, 4.69) is 10.3 Å². The number of benzene rings is 1. The molecule has 30 heavy (non-hydrogen) atoms. The molecule has 0 unspecified atom stereocenters. The van der Waals surface area contributed by atoms with Crippen molar-refractivity contribution in [3.05, 3.63) is 42.4 Å². The molecule has 4 bridgehead atoms. The van der Waals surface area contributed by atoms with Crippen LogP contribution in [0.2, 0.25) is 0 Å². The van der Waals surface area contributed by atoms with E-state index < -0.39 is 12.0 Å². The molecule has 1 atom stereocenters. The number of hydrogen-bond donors (Lipinski definition) is 1. The van der Waals surface area contributed by atoms with Crippen molar-refractivity contribution in [1.82, 2.24) is 10.3 Å². The number of carbonyl (C=O) groups excluding carboxylic acids is 2. The van der Waals surface area contributed by atoms with Crippen molar-refractivity contribution in [2.24, 2.45) is 23.2 Å². The first kappa shape index (κ1) is 19.3. The predicted octanol–water partition coefficient (Wildman–Crippen LogP) is 4.11. The summed E-state index contributed by atoms with van der Waals surface area (Å²) in [5.41, 5.74) is 0.648. The number of nitrogens with one attached hydrogen (secondary N) is 1. The van der Waals surface area contributed by atoms with Gasteiger partial charge in [-0.3, -0.25) is 4.79 Å². The van der Waals surface area contributed by atoms with Crippen LogP contribution in [-0.2, 0) is 20.9 Å². The second kappa shape index (κ2) is 7.56. The van der Waals surface area contributed by atoms with Crippen molar-refractivity contribution in [3.8, 4) is 11.3 Å². The molecule has 6 nitrogen and oxygen atoms in total. The summed E-state index contributed by atoms with van der Waals surface area (Å²) in [6.45, 7) is 1.63. The van der Waals surface area contributed by atoms with E-state index in [0.717, 1.165) is 24.8 Å². The van der Waals surface area contributed by atoms with Gasteiger partial charge in [0.2, 0.25) is 11.8 Å². The summed E-state index contributed by atoms with van der Waals surface area (Å²) in [4.78, 5) is 29.7. The fourth-order valence-electron chi connectivity index (χ4n) is 6.17. The van der Waals surface area contributed by atoms with Gasteiger partial charge in [-0.05, 0) is 63.2 Å². The van der Waals surface area contributed by atoms with Gasteiger partial charge >= 0.3 is 5.97 Å². The van der Waals surface area contributed by atoms with Gasteiger partial charge in [-0.1, -0.05) is 30.3 Å².